The van der Waals surface area contributed by atoms with Crippen molar-refractivity contribution in [3.63, 3.8) is 0 Å². The van der Waals surface area contributed by atoms with Gasteiger partial charge < -0.3 is 14.8 Å². The van der Waals surface area contributed by atoms with Gasteiger partial charge in [-0.2, -0.15) is 0 Å². The third kappa shape index (κ3) is 6.52. The first kappa shape index (κ1) is 24.3. The van der Waals surface area contributed by atoms with Crippen molar-refractivity contribution in [3.05, 3.63) is 35.0 Å². The van der Waals surface area contributed by atoms with E-state index in [0.29, 0.717) is 18.5 Å². The van der Waals surface area contributed by atoms with Crippen LogP contribution in [-0.4, -0.2) is 57.7 Å². The molecule has 10 heteroatoms. The fourth-order valence-corrected chi connectivity index (χ4v) is 3.98. The molecule has 3 atom stereocenters. The number of ether oxygens (including phenoxy) is 2. The van der Waals surface area contributed by atoms with Gasteiger partial charge in [0.2, 0.25) is 0 Å². The van der Waals surface area contributed by atoms with Crippen LogP contribution in [0, 0.1) is 0 Å². The van der Waals surface area contributed by atoms with Crippen LogP contribution in [0.4, 0.5) is 0 Å². The summed E-state index contributed by atoms with van der Waals surface area (Å²) in [5, 5.41) is 2.80. The molecule has 0 aromatic carbocycles. The predicted molar refractivity (Wildman–Crippen MR) is 113 cm³/mol. The van der Waals surface area contributed by atoms with E-state index in [1.54, 1.807) is 27.7 Å². The highest BCUT2D eigenvalue weighted by Crippen LogP contribution is 2.26. The number of likely N-dealkylation sites (tertiary alicyclic amines) is 1. The molecule has 3 unspecified atom stereocenters. The summed E-state index contributed by atoms with van der Waals surface area (Å²) in [6.07, 6.45) is 2.81. The summed E-state index contributed by atoms with van der Waals surface area (Å²) in [5.41, 5.74) is -0.0127. The molecule has 0 radical (unpaired) electrons. The van der Waals surface area contributed by atoms with Crippen molar-refractivity contribution in [2.75, 3.05) is 13.2 Å². The maximum absolute atomic E-state index is 12.6. The average molecular weight is 459 g/mol. The number of amides is 1. The molecule has 2 aliphatic rings. The summed E-state index contributed by atoms with van der Waals surface area (Å²) in [6.45, 7) is 11.3. The van der Waals surface area contributed by atoms with Crippen molar-refractivity contribution in [2.24, 2.45) is 0 Å². The van der Waals surface area contributed by atoms with Crippen molar-refractivity contribution in [2.45, 2.75) is 58.3 Å². The zero-order chi connectivity index (χ0) is 22.6. The van der Waals surface area contributed by atoms with Crippen LogP contribution < -0.4 is 5.32 Å². The molecule has 30 heavy (non-hydrogen) atoms. The summed E-state index contributed by atoms with van der Waals surface area (Å²) in [4.78, 5) is 38.3. The predicted octanol–water partition coefficient (Wildman–Crippen LogP) is 2.08. The van der Waals surface area contributed by atoms with Crippen molar-refractivity contribution in [1.82, 2.24) is 10.2 Å². The molecule has 166 valence electrons. The number of ketones is 1. The molecule has 1 aliphatic heterocycles. The van der Waals surface area contributed by atoms with Crippen LogP contribution in [0.1, 0.15) is 40.5 Å². The number of carbonyl (C=O) groups is 3. The Bertz CT molecular complexity index is 830. The van der Waals surface area contributed by atoms with E-state index in [9.17, 15) is 18.6 Å². The molecule has 1 amide bonds. The van der Waals surface area contributed by atoms with Gasteiger partial charge in [0.25, 0.3) is 5.91 Å². The van der Waals surface area contributed by atoms with Gasteiger partial charge in [-0.05, 0) is 57.0 Å². The highest BCUT2D eigenvalue weighted by molar-refractivity contribution is 8.11. The second-order valence-electron chi connectivity index (χ2n) is 8.17. The summed E-state index contributed by atoms with van der Waals surface area (Å²) in [6, 6.07) is -0.663. The van der Waals surface area contributed by atoms with Gasteiger partial charge in [-0.1, -0.05) is 12.2 Å². The lowest BCUT2D eigenvalue weighted by molar-refractivity contribution is -0.164. The molecule has 0 aromatic rings. The lowest BCUT2D eigenvalue weighted by Crippen LogP contribution is -2.63. The number of hydrogen-bond acceptors (Lipinski definition) is 7. The van der Waals surface area contributed by atoms with Crippen molar-refractivity contribution >= 4 is 38.4 Å². The summed E-state index contributed by atoms with van der Waals surface area (Å²) >= 11 is 0. The Labute approximate surface area is 183 Å². The molecule has 2 rings (SSSR count). The van der Waals surface area contributed by atoms with Gasteiger partial charge >= 0.3 is 5.97 Å². The zero-order valence-electron chi connectivity index (χ0n) is 17.5. The minimum absolute atomic E-state index is 0.115. The number of nitrogens with one attached hydrogen (secondary N) is 1. The standard InChI is InChI=1S/C20H27ClN2O6S/c1-12(2)18(19(26)29-20(3,4)5)23-9-8-16(23)22-17(25)11-28-14-7-6-13(24)10-15(14)30(21)27/h6-7,16,18H,1,8-11H2,2-5H3,(H,22,25). The Morgan fingerprint density at radius 2 is 2.07 bits per heavy atom. The van der Waals surface area contributed by atoms with Gasteiger partial charge in [0.15, 0.2) is 12.4 Å². The highest BCUT2D eigenvalue weighted by atomic mass is 35.7. The van der Waals surface area contributed by atoms with Gasteiger partial charge in [-0.25, -0.2) is 9.00 Å². The molecule has 1 aliphatic carbocycles. The van der Waals surface area contributed by atoms with Gasteiger partial charge in [-0.15, -0.1) is 0 Å². The van der Waals surface area contributed by atoms with Crippen molar-refractivity contribution < 1.29 is 28.1 Å². The zero-order valence-corrected chi connectivity index (χ0v) is 19.1. The first-order valence-corrected chi connectivity index (χ1v) is 11.4. The number of carbonyl (C=O) groups excluding carboxylic acids is 3. The summed E-state index contributed by atoms with van der Waals surface area (Å²) < 4.78 is 22.5. The average Bonchev–Trinajstić information content (AvgIpc) is 2.59. The monoisotopic (exact) mass is 458 g/mol. The SMILES string of the molecule is C=C(C)C(C(=O)OC(C)(C)C)N1CCC1NC(=O)COC1=C(S(=O)Cl)CC(=O)C=C1. The molecule has 0 saturated carbocycles. The fourth-order valence-electron chi connectivity index (χ4n) is 3.05. The molecule has 1 fully saturated rings. The van der Waals surface area contributed by atoms with E-state index in [-0.39, 0.29) is 35.6 Å². The number of nitrogens with zero attached hydrogens (tertiary/aromatic N) is 1. The van der Waals surface area contributed by atoms with E-state index in [2.05, 4.69) is 11.9 Å². The number of halogens is 1. The molecular weight excluding hydrogens is 432 g/mol. The number of rotatable bonds is 8. The highest BCUT2D eigenvalue weighted by Gasteiger charge is 2.40. The molecule has 0 aromatic heterocycles. The second-order valence-corrected chi connectivity index (χ2v) is 9.95. The van der Waals surface area contributed by atoms with E-state index in [1.807, 2.05) is 4.90 Å². The Morgan fingerprint density at radius 1 is 1.40 bits per heavy atom. The largest absolute Gasteiger partial charge is 0.483 e. The van der Waals surface area contributed by atoms with E-state index in [0.717, 1.165) is 0 Å². The Balaban J connectivity index is 1.97. The number of hydrogen-bond donors (Lipinski definition) is 1. The van der Waals surface area contributed by atoms with Crippen LogP contribution in [0.25, 0.3) is 0 Å². The molecule has 1 N–H and O–H groups in total. The van der Waals surface area contributed by atoms with Gasteiger partial charge in [0, 0.05) is 13.0 Å². The molecule has 8 nitrogen and oxygen atoms in total. The lowest BCUT2D eigenvalue weighted by atomic mass is 10.0. The van der Waals surface area contributed by atoms with E-state index < -0.39 is 33.5 Å². The molecular formula is C20H27ClN2O6S. The summed E-state index contributed by atoms with van der Waals surface area (Å²) in [7, 11) is 3.70. The lowest BCUT2D eigenvalue weighted by Gasteiger charge is -2.45. The van der Waals surface area contributed by atoms with Crippen LogP contribution in [0.3, 0.4) is 0 Å². The van der Waals surface area contributed by atoms with Crippen LogP contribution >= 0.6 is 10.7 Å². The molecule has 1 heterocycles. The van der Waals surface area contributed by atoms with Crippen LogP contribution in [0.5, 0.6) is 0 Å². The minimum atomic E-state index is -1.90. The van der Waals surface area contributed by atoms with Crippen LogP contribution in [-0.2, 0) is 33.9 Å². The molecule has 0 spiro atoms. The maximum Gasteiger partial charge on any atom is 0.328 e. The van der Waals surface area contributed by atoms with Crippen molar-refractivity contribution in [1.29, 1.82) is 0 Å². The first-order valence-electron chi connectivity index (χ1n) is 9.47. The minimum Gasteiger partial charge on any atom is -0.483 e. The smallest absolute Gasteiger partial charge is 0.328 e. The fraction of sp³-hybridized carbons (Fsp3) is 0.550. The van der Waals surface area contributed by atoms with E-state index in [4.69, 9.17) is 20.2 Å². The topological polar surface area (TPSA) is 102 Å². The van der Waals surface area contributed by atoms with Crippen LogP contribution in [0.2, 0.25) is 0 Å². The number of esters is 1. The third-order valence-electron chi connectivity index (χ3n) is 4.40. The molecule has 0 bridgehead atoms. The normalized spacial score (nSPS) is 21.5. The molecule has 1 saturated heterocycles. The summed E-state index contributed by atoms with van der Waals surface area (Å²) in [5.74, 6) is -0.931. The number of allylic oxidation sites excluding steroid dienone is 3. The second kappa shape index (κ2) is 9.89. The Kier molecular flexibility index (Phi) is 8.01. The van der Waals surface area contributed by atoms with Crippen LogP contribution in [0.15, 0.2) is 35.0 Å². The van der Waals surface area contributed by atoms with Gasteiger partial charge in [0.05, 0.1) is 11.1 Å². The van der Waals surface area contributed by atoms with Crippen molar-refractivity contribution in [3.8, 4) is 0 Å². The van der Waals surface area contributed by atoms with Gasteiger partial charge in [0.1, 0.15) is 27.4 Å². The van der Waals surface area contributed by atoms with Gasteiger partial charge in [-0.3, -0.25) is 14.5 Å². The first-order chi connectivity index (χ1) is 13.9. The van der Waals surface area contributed by atoms with E-state index in [1.165, 1.54) is 12.2 Å². The third-order valence-corrected chi connectivity index (χ3v) is 5.69. The van der Waals surface area contributed by atoms with E-state index >= 15 is 0 Å². The maximum atomic E-state index is 12.6. The Hall–Kier alpha value is -1.97. The quantitative estimate of drug-likeness (QED) is 0.337. The Morgan fingerprint density at radius 3 is 2.57 bits per heavy atom.